The molecule has 1 rings (SSSR count). The van der Waals surface area contributed by atoms with Gasteiger partial charge in [0, 0.05) is 12.5 Å². The molecule has 0 spiro atoms. The molecule has 2 nitrogen and oxygen atoms in total. The molecule has 1 aromatic rings. The summed E-state index contributed by atoms with van der Waals surface area (Å²) in [6.45, 7) is 11.5. The van der Waals surface area contributed by atoms with Crippen molar-refractivity contribution in [1.29, 1.82) is 0 Å². The molecular weight excluding hydrogens is 246 g/mol. The molecule has 0 N–H and O–H groups in total. The van der Waals surface area contributed by atoms with Crippen LogP contribution in [0.15, 0.2) is 30.3 Å². The van der Waals surface area contributed by atoms with Gasteiger partial charge in [-0.05, 0) is 24.8 Å². The van der Waals surface area contributed by atoms with E-state index in [1.807, 2.05) is 25.1 Å². The van der Waals surface area contributed by atoms with Gasteiger partial charge >= 0.3 is 0 Å². The minimum atomic E-state index is 0.102. The molecule has 112 valence electrons. The number of carbonyl (C=O) groups excluding carboxylic acids is 1. The Morgan fingerprint density at radius 3 is 2.15 bits per heavy atom. The molecule has 2 heteroatoms. The molecule has 0 fully saturated rings. The summed E-state index contributed by atoms with van der Waals surface area (Å²) >= 11 is 0. The van der Waals surface area contributed by atoms with Crippen molar-refractivity contribution < 1.29 is 4.79 Å². The predicted octanol–water partition coefficient (Wildman–Crippen LogP) is 4.67. The van der Waals surface area contributed by atoms with E-state index in [1.54, 1.807) is 0 Å². The van der Waals surface area contributed by atoms with Crippen molar-refractivity contribution in [2.45, 2.75) is 53.5 Å². The van der Waals surface area contributed by atoms with Crippen LogP contribution in [0.3, 0.4) is 0 Å². The molecule has 0 aromatic heterocycles. The van der Waals surface area contributed by atoms with Gasteiger partial charge in [0.25, 0.3) is 0 Å². The lowest BCUT2D eigenvalue weighted by Crippen LogP contribution is -2.39. The fourth-order valence-corrected chi connectivity index (χ4v) is 2.27. The second-order valence-corrected chi connectivity index (χ2v) is 5.90. The standard InChI is InChI=1S/C18H29NO/c1-6-14(3)13-19(18(20)15(4)7-2)16(5)17-11-9-8-10-12-17/h8-12,14-16H,6-7,13H2,1-5H3/t14-,15?,16+/m0/s1. The molecule has 1 unspecified atom stereocenters. The second kappa shape index (κ2) is 8.08. The SMILES string of the molecule is CCC(C)C(=O)N(C[C@@H](C)CC)[C@H](C)c1ccccc1. The number of benzene rings is 1. The Morgan fingerprint density at radius 1 is 1.05 bits per heavy atom. The number of amides is 1. The first-order valence-electron chi connectivity index (χ1n) is 7.86. The highest BCUT2D eigenvalue weighted by Gasteiger charge is 2.25. The summed E-state index contributed by atoms with van der Waals surface area (Å²) in [5, 5.41) is 0. The maximum absolute atomic E-state index is 12.7. The Bertz CT molecular complexity index is 401. The highest BCUT2D eigenvalue weighted by Crippen LogP contribution is 2.24. The minimum absolute atomic E-state index is 0.102. The summed E-state index contributed by atoms with van der Waals surface area (Å²) in [5.41, 5.74) is 1.22. The summed E-state index contributed by atoms with van der Waals surface area (Å²) < 4.78 is 0. The summed E-state index contributed by atoms with van der Waals surface area (Å²) in [7, 11) is 0. The van der Waals surface area contributed by atoms with E-state index in [4.69, 9.17) is 0 Å². The van der Waals surface area contributed by atoms with Gasteiger partial charge in [-0.15, -0.1) is 0 Å². The molecule has 0 heterocycles. The molecule has 1 aromatic carbocycles. The smallest absolute Gasteiger partial charge is 0.225 e. The van der Waals surface area contributed by atoms with Gasteiger partial charge in [0.2, 0.25) is 5.91 Å². The Hall–Kier alpha value is -1.31. The predicted molar refractivity (Wildman–Crippen MR) is 85.5 cm³/mol. The maximum atomic E-state index is 12.7. The normalized spacial score (nSPS) is 15.4. The third kappa shape index (κ3) is 4.36. The summed E-state index contributed by atoms with van der Waals surface area (Å²) in [4.78, 5) is 14.7. The Kier molecular flexibility index (Phi) is 6.77. The van der Waals surface area contributed by atoms with Crippen molar-refractivity contribution in [3.8, 4) is 0 Å². The fourth-order valence-electron chi connectivity index (χ4n) is 2.27. The van der Waals surface area contributed by atoms with Crippen molar-refractivity contribution >= 4 is 5.91 Å². The van der Waals surface area contributed by atoms with Gasteiger partial charge in [-0.25, -0.2) is 0 Å². The van der Waals surface area contributed by atoms with Gasteiger partial charge in [0.1, 0.15) is 0 Å². The van der Waals surface area contributed by atoms with Crippen LogP contribution >= 0.6 is 0 Å². The van der Waals surface area contributed by atoms with E-state index in [0.717, 1.165) is 19.4 Å². The van der Waals surface area contributed by atoms with Gasteiger partial charge < -0.3 is 4.90 Å². The Morgan fingerprint density at radius 2 is 1.65 bits per heavy atom. The summed E-state index contributed by atoms with van der Waals surface area (Å²) in [5.74, 6) is 0.920. The lowest BCUT2D eigenvalue weighted by atomic mass is 10.00. The van der Waals surface area contributed by atoms with Crippen LogP contribution in [-0.4, -0.2) is 17.4 Å². The number of nitrogens with zero attached hydrogens (tertiary/aromatic N) is 1. The second-order valence-electron chi connectivity index (χ2n) is 5.90. The maximum Gasteiger partial charge on any atom is 0.225 e. The number of hydrogen-bond acceptors (Lipinski definition) is 1. The topological polar surface area (TPSA) is 20.3 Å². The van der Waals surface area contributed by atoms with Crippen molar-refractivity contribution in [3.63, 3.8) is 0 Å². The van der Waals surface area contributed by atoms with Crippen molar-refractivity contribution in [1.82, 2.24) is 4.90 Å². The average molecular weight is 275 g/mol. The monoisotopic (exact) mass is 275 g/mol. The van der Waals surface area contributed by atoms with Gasteiger partial charge in [-0.3, -0.25) is 4.79 Å². The molecule has 0 radical (unpaired) electrons. The largest absolute Gasteiger partial charge is 0.335 e. The lowest BCUT2D eigenvalue weighted by molar-refractivity contribution is -0.138. The highest BCUT2D eigenvalue weighted by molar-refractivity contribution is 5.79. The molecule has 3 atom stereocenters. The van der Waals surface area contributed by atoms with Crippen molar-refractivity contribution in [2.24, 2.45) is 11.8 Å². The lowest BCUT2D eigenvalue weighted by Gasteiger charge is -2.33. The Labute approximate surface area is 124 Å². The van der Waals surface area contributed by atoms with E-state index in [0.29, 0.717) is 5.92 Å². The number of rotatable bonds is 7. The molecule has 0 aliphatic heterocycles. The van der Waals surface area contributed by atoms with Crippen LogP contribution in [0.1, 0.15) is 59.1 Å². The van der Waals surface area contributed by atoms with Crippen LogP contribution in [-0.2, 0) is 4.79 Å². The molecule has 0 bridgehead atoms. The van der Waals surface area contributed by atoms with Crippen LogP contribution in [0.5, 0.6) is 0 Å². The molecule has 0 saturated heterocycles. The zero-order valence-corrected chi connectivity index (χ0v) is 13.6. The van der Waals surface area contributed by atoms with Gasteiger partial charge in [0.15, 0.2) is 0 Å². The van der Waals surface area contributed by atoms with Gasteiger partial charge in [-0.1, -0.05) is 64.4 Å². The van der Waals surface area contributed by atoms with E-state index in [1.165, 1.54) is 5.56 Å². The first-order chi connectivity index (χ1) is 9.51. The average Bonchev–Trinajstić information content (AvgIpc) is 2.50. The van der Waals surface area contributed by atoms with Crippen LogP contribution in [0.25, 0.3) is 0 Å². The minimum Gasteiger partial charge on any atom is -0.335 e. The van der Waals surface area contributed by atoms with Crippen LogP contribution in [0.2, 0.25) is 0 Å². The first-order valence-corrected chi connectivity index (χ1v) is 7.86. The molecule has 20 heavy (non-hydrogen) atoms. The molecule has 0 aliphatic carbocycles. The van der Waals surface area contributed by atoms with Crippen LogP contribution in [0, 0.1) is 11.8 Å². The summed E-state index contributed by atoms with van der Waals surface area (Å²) in [6.07, 6.45) is 2.00. The molecule has 0 aliphatic rings. The summed E-state index contributed by atoms with van der Waals surface area (Å²) in [6, 6.07) is 10.5. The van der Waals surface area contributed by atoms with Crippen molar-refractivity contribution in [2.75, 3.05) is 6.54 Å². The first kappa shape index (κ1) is 16.7. The number of carbonyl (C=O) groups is 1. The van der Waals surface area contributed by atoms with Gasteiger partial charge in [0.05, 0.1) is 6.04 Å². The fraction of sp³-hybridized carbons (Fsp3) is 0.611. The van der Waals surface area contributed by atoms with E-state index >= 15 is 0 Å². The van der Waals surface area contributed by atoms with Crippen molar-refractivity contribution in [3.05, 3.63) is 35.9 Å². The van der Waals surface area contributed by atoms with E-state index in [2.05, 4.69) is 44.7 Å². The quantitative estimate of drug-likeness (QED) is 0.708. The zero-order chi connectivity index (χ0) is 15.1. The third-order valence-electron chi connectivity index (χ3n) is 4.27. The van der Waals surface area contributed by atoms with Crippen LogP contribution in [0.4, 0.5) is 0 Å². The number of hydrogen-bond donors (Lipinski definition) is 0. The highest BCUT2D eigenvalue weighted by atomic mass is 16.2. The van der Waals surface area contributed by atoms with E-state index in [9.17, 15) is 4.79 Å². The van der Waals surface area contributed by atoms with Crippen LogP contribution < -0.4 is 0 Å². The van der Waals surface area contributed by atoms with E-state index < -0.39 is 0 Å². The molecule has 1 amide bonds. The molecule has 0 saturated carbocycles. The zero-order valence-electron chi connectivity index (χ0n) is 13.6. The third-order valence-corrected chi connectivity index (χ3v) is 4.27. The molecular formula is C18H29NO. The van der Waals surface area contributed by atoms with Gasteiger partial charge in [-0.2, -0.15) is 0 Å². The Balaban J connectivity index is 2.94. The van der Waals surface area contributed by atoms with E-state index in [-0.39, 0.29) is 17.9 Å².